The summed E-state index contributed by atoms with van der Waals surface area (Å²) in [5, 5.41) is 14.6. The van der Waals surface area contributed by atoms with Gasteiger partial charge in [0.05, 0.1) is 47.3 Å². The van der Waals surface area contributed by atoms with Crippen molar-refractivity contribution in [3.63, 3.8) is 0 Å². The lowest BCUT2D eigenvalue weighted by Crippen LogP contribution is -2.70. The lowest BCUT2D eigenvalue weighted by atomic mass is 9.33. The van der Waals surface area contributed by atoms with E-state index in [9.17, 15) is 18.4 Å². The highest BCUT2D eigenvalue weighted by atomic mass is 19.4. The molecule has 0 radical (unpaired) electrons. The zero-order chi connectivity index (χ0) is 25.7. The SMILES string of the molecule is Cc1nc2nc(N3CC(C)OC(c4cnn(C5CC5)c4)C3)nc(C34CC(C(F)(F)F)(C3)C4)c2cc1C#N. The minimum absolute atomic E-state index is 0.0211. The van der Waals surface area contributed by atoms with Gasteiger partial charge in [0, 0.05) is 29.1 Å². The number of aryl methyl sites for hydroxylation is 1. The fourth-order valence-corrected chi connectivity index (χ4v) is 6.49. The molecule has 8 rings (SSSR count). The molecule has 8 nitrogen and oxygen atoms in total. The van der Waals surface area contributed by atoms with E-state index in [1.165, 1.54) is 0 Å². The van der Waals surface area contributed by atoms with E-state index in [-0.39, 0.29) is 31.5 Å². The van der Waals surface area contributed by atoms with Crippen molar-refractivity contribution in [1.29, 1.82) is 5.26 Å². The van der Waals surface area contributed by atoms with E-state index in [1.54, 1.807) is 13.0 Å². The molecule has 4 heterocycles. The molecule has 11 heteroatoms. The number of fused-ring (bicyclic) bond motifs is 1. The maximum atomic E-state index is 13.6. The van der Waals surface area contributed by atoms with Crippen LogP contribution in [0.15, 0.2) is 18.5 Å². The first-order valence-electron chi connectivity index (χ1n) is 12.7. The second-order valence-corrected chi connectivity index (χ2v) is 11.4. The average molecular weight is 510 g/mol. The van der Waals surface area contributed by atoms with Crippen LogP contribution in [0.5, 0.6) is 0 Å². The van der Waals surface area contributed by atoms with Gasteiger partial charge in [-0.25, -0.2) is 9.97 Å². The molecular weight excluding hydrogens is 483 g/mol. The first-order chi connectivity index (χ1) is 17.6. The Morgan fingerprint density at radius 1 is 1.14 bits per heavy atom. The predicted molar refractivity (Wildman–Crippen MR) is 127 cm³/mol. The van der Waals surface area contributed by atoms with E-state index in [1.807, 2.05) is 28.9 Å². The van der Waals surface area contributed by atoms with Gasteiger partial charge in [-0.1, -0.05) is 0 Å². The number of hydrogen-bond donors (Lipinski definition) is 0. The molecule has 5 aliphatic rings. The molecule has 5 fully saturated rings. The molecule has 1 aliphatic heterocycles. The Morgan fingerprint density at radius 3 is 2.57 bits per heavy atom. The Balaban J connectivity index is 1.27. The molecule has 0 spiro atoms. The van der Waals surface area contributed by atoms with Gasteiger partial charge >= 0.3 is 6.18 Å². The topological polar surface area (TPSA) is 92.8 Å². The van der Waals surface area contributed by atoms with E-state index < -0.39 is 17.0 Å². The Hall–Kier alpha value is -3.26. The molecule has 2 unspecified atom stereocenters. The Kier molecular flexibility index (Phi) is 4.58. The van der Waals surface area contributed by atoms with E-state index in [0.29, 0.717) is 53.1 Å². The smallest absolute Gasteiger partial charge is 0.367 e. The molecule has 0 aromatic carbocycles. The van der Waals surface area contributed by atoms with Crippen LogP contribution in [0.3, 0.4) is 0 Å². The number of halogens is 3. The Bertz CT molecular complexity index is 1450. The highest BCUT2D eigenvalue weighted by molar-refractivity contribution is 5.82. The monoisotopic (exact) mass is 509 g/mol. The predicted octanol–water partition coefficient (Wildman–Crippen LogP) is 4.69. The molecule has 0 amide bonds. The van der Waals surface area contributed by atoms with Crippen molar-refractivity contribution >= 4 is 17.0 Å². The van der Waals surface area contributed by atoms with Gasteiger partial charge < -0.3 is 9.64 Å². The first-order valence-corrected chi connectivity index (χ1v) is 12.7. The van der Waals surface area contributed by atoms with Crippen molar-refractivity contribution < 1.29 is 17.9 Å². The number of nitriles is 1. The molecule has 3 aromatic rings. The van der Waals surface area contributed by atoms with Crippen LogP contribution in [0, 0.1) is 23.7 Å². The summed E-state index contributed by atoms with van der Waals surface area (Å²) in [5.41, 5.74) is 0.646. The number of anilines is 1. The fourth-order valence-electron chi connectivity index (χ4n) is 6.49. The standard InChI is InChI=1S/C26H26F3N7O/c1-14-8-35(10-20(37-14)17-7-31-36(9-17)18-3-4-18)23-33-21(24-11-25(12-24,13-24)26(27,28)29)19-5-16(6-30)15(2)32-22(19)34-23/h5,7,9,14,18,20H,3-4,8,10-13H2,1-2H3. The number of aromatic nitrogens is 5. The normalized spacial score (nSPS) is 31.1. The maximum absolute atomic E-state index is 13.6. The highest BCUT2D eigenvalue weighted by Crippen LogP contribution is 2.78. The molecule has 3 aromatic heterocycles. The quantitative estimate of drug-likeness (QED) is 0.504. The summed E-state index contributed by atoms with van der Waals surface area (Å²) < 4.78 is 49.2. The summed E-state index contributed by atoms with van der Waals surface area (Å²) in [5.74, 6) is 0.444. The third-order valence-corrected chi connectivity index (χ3v) is 8.58. The minimum atomic E-state index is -4.22. The van der Waals surface area contributed by atoms with Crippen molar-refractivity contribution in [2.75, 3.05) is 18.0 Å². The summed E-state index contributed by atoms with van der Waals surface area (Å²) in [6, 6.07) is 4.29. The molecule has 2 bridgehead atoms. The van der Waals surface area contributed by atoms with Crippen molar-refractivity contribution in [2.24, 2.45) is 5.41 Å². The molecule has 192 valence electrons. The second kappa shape index (κ2) is 7.40. The van der Waals surface area contributed by atoms with Crippen molar-refractivity contribution in [3.05, 3.63) is 41.0 Å². The van der Waals surface area contributed by atoms with Crippen molar-refractivity contribution in [1.82, 2.24) is 24.7 Å². The van der Waals surface area contributed by atoms with Crippen LogP contribution in [0.1, 0.15) is 73.7 Å². The lowest BCUT2D eigenvalue weighted by Gasteiger charge is -2.70. The molecule has 4 saturated carbocycles. The van der Waals surface area contributed by atoms with Gasteiger partial charge in [0.15, 0.2) is 5.65 Å². The third kappa shape index (κ3) is 3.38. The van der Waals surface area contributed by atoms with Gasteiger partial charge in [-0.2, -0.15) is 28.5 Å². The molecule has 0 N–H and O–H groups in total. The summed E-state index contributed by atoms with van der Waals surface area (Å²) in [6.07, 6.45) is 1.68. The molecule has 1 saturated heterocycles. The van der Waals surface area contributed by atoms with Gasteiger partial charge in [0.2, 0.25) is 5.95 Å². The minimum Gasteiger partial charge on any atom is -0.367 e. The highest BCUT2D eigenvalue weighted by Gasteiger charge is 2.79. The zero-order valence-corrected chi connectivity index (χ0v) is 20.6. The van der Waals surface area contributed by atoms with Crippen LogP contribution in [0.4, 0.5) is 19.1 Å². The number of nitrogens with zero attached hydrogens (tertiary/aromatic N) is 7. The van der Waals surface area contributed by atoms with E-state index in [4.69, 9.17) is 14.7 Å². The Labute approximate surface area is 211 Å². The summed E-state index contributed by atoms with van der Waals surface area (Å²) >= 11 is 0. The third-order valence-electron chi connectivity index (χ3n) is 8.58. The van der Waals surface area contributed by atoms with Gasteiger partial charge in [-0.3, -0.25) is 4.68 Å². The Morgan fingerprint density at radius 2 is 1.89 bits per heavy atom. The average Bonchev–Trinajstić information content (AvgIpc) is 3.51. The number of alkyl halides is 3. The van der Waals surface area contributed by atoms with Crippen molar-refractivity contribution in [3.8, 4) is 6.07 Å². The van der Waals surface area contributed by atoms with Crippen LogP contribution in [0.25, 0.3) is 11.0 Å². The van der Waals surface area contributed by atoms with E-state index >= 15 is 0 Å². The fraction of sp³-hybridized carbons (Fsp3) is 0.577. The van der Waals surface area contributed by atoms with Crippen LogP contribution in [-0.2, 0) is 10.2 Å². The van der Waals surface area contributed by atoms with Gasteiger partial charge in [-0.05, 0) is 52.0 Å². The summed E-state index contributed by atoms with van der Waals surface area (Å²) in [4.78, 5) is 16.3. The number of rotatable bonds is 4. The first kappa shape index (κ1) is 22.9. The number of morpholine rings is 1. The summed E-state index contributed by atoms with van der Waals surface area (Å²) in [6.45, 7) is 4.78. The largest absolute Gasteiger partial charge is 0.394 e. The van der Waals surface area contributed by atoms with Crippen LogP contribution >= 0.6 is 0 Å². The van der Waals surface area contributed by atoms with E-state index in [0.717, 1.165) is 18.4 Å². The van der Waals surface area contributed by atoms with Crippen LogP contribution in [0.2, 0.25) is 0 Å². The molecular formula is C26H26F3N7O. The lowest BCUT2D eigenvalue weighted by molar-refractivity contribution is -0.337. The second-order valence-electron chi connectivity index (χ2n) is 11.4. The van der Waals surface area contributed by atoms with Crippen LogP contribution in [-0.4, -0.2) is 50.1 Å². The van der Waals surface area contributed by atoms with Gasteiger partial charge in [0.1, 0.15) is 12.2 Å². The molecule has 2 atom stereocenters. The number of pyridine rings is 1. The molecule has 37 heavy (non-hydrogen) atoms. The number of ether oxygens (including phenoxy) is 1. The summed E-state index contributed by atoms with van der Waals surface area (Å²) in [7, 11) is 0. The maximum Gasteiger partial charge on any atom is 0.394 e. The van der Waals surface area contributed by atoms with Crippen LogP contribution < -0.4 is 4.90 Å². The van der Waals surface area contributed by atoms with E-state index in [2.05, 4.69) is 16.2 Å². The van der Waals surface area contributed by atoms with Crippen molar-refractivity contribution in [2.45, 2.75) is 75.8 Å². The zero-order valence-electron chi connectivity index (χ0n) is 20.6. The van der Waals surface area contributed by atoms with Gasteiger partial charge in [0.25, 0.3) is 0 Å². The van der Waals surface area contributed by atoms with Gasteiger partial charge in [-0.15, -0.1) is 0 Å². The molecule has 4 aliphatic carbocycles. The number of hydrogen-bond acceptors (Lipinski definition) is 7.